The largest absolute Gasteiger partial charge is 0.382 e. The zero-order chi connectivity index (χ0) is 11.3. The van der Waals surface area contributed by atoms with Crippen LogP contribution in [0.4, 0.5) is 0 Å². The van der Waals surface area contributed by atoms with Crippen molar-refractivity contribution in [3.05, 3.63) is 0 Å². The molecule has 1 rings (SSSR count). The molecular weight excluding hydrogens is 196 g/mol. The Balaban J connectivity index is 2.44. The van der Waals surface area contributed by atoms with Gasteiger partial charge in [-0.2, -0.15) is 0 Å². The van der Waals surface area contributed by atoms with Gasteiger partial charge in [0.05, 0.1) is 18.8 Å². The SMILES string of the molecule is COCC(CN1CCCC(N)C1=O)OC. The summed E-state index contributed by atoms with van der Waals surface area (Å²) in [6.45, 7) is 1.84. The van der Waals surface area contributed by atoms with Crippen LogP contribution in [0.25, 0.3) is 0 Å². The van der Waals surface area contributed by atoms with Crippen molar-refractivity contribution in [3.63, 3.8) is 0 Å². The van der Waals surface area contributed by atoms with Crippen LogP contribution in [0.3, 0.4) is 0 Å². The van der Waals surface area contributed by atoms with E-state index in [0.29, 0.717) is 13.2 Å². The van der Waals surface area contributed by atoms with Crippen LogP contribution in [0.5, 0.6) is 0 Å². The summed E-state index contributed by atoms with van der Waals surface area (Å²) in [5.41, 5.74) is 5.70. The Morgan fingerprint density at radius 1 is 1.60 bits per heavy atom. The zero-order valence-electron chi connectivity index (χ0n) is 9.44. The van der Waals surface area contributed by atoms with Crippen LogP contribution in [-0.4, -0.2) is 56.9 Å². The molecule has 1 amide bonds. The molecule has 2 atom stereocenters. The number of likely N-dealkylation sites (tertiary alicyclic amines) is 1. The fraction of sp³-hybridized carbons (Fsp3) is 0.900. The van der Waals surface area contributed by atoms with Crippen LogP contribution in [0.1, 0.15) is 12.8 Å². The highest BCUT2D eigenvalue weighted by Gasteiger charge is 2.27. The molecule has 15 heavy (non-hydrogen) atoms. The molecule has 0 bridgehead atoms. The average molecular weight is 216 g/mol. The second-order valence-electron chi connectivity index (χ2n) is 3.85. The quantitative estimate of drug-likeness (QED) is 0.679. The van der Waals surface area contributed by atoms with Gasteiger partial charge in [0, 0.05) is 27.3 Å². The highest BCUT2D eigenvalue weighted by Crippen LogP contribution is 2.11. The smallest absolute Gasteiger partial charge is 0.239 e. The molecule has 0 aliphatic carbocycles. The van der Waals surface area contributed by atoms with Gasteiger partial charge in [-0.1, -0.05) is 0 Å². The third kappa shape index (κ3) is 3.44. The Bertz CT molecular complexity index is 211. The van der Waals surface area contributed by atoms with Crippen molar-refractivity contribution in [2.45, 2.75) is 25.0 Å². The first kappa shape index (κ1) is 12.4. The summed E-state index contributed by atoms with van der Waals surface area (Å²) in [4.78, 5) is 13.5. The standard InChI is InChI=1S/C10H20N2O3/c1-14-7-8(15-2)6-12-5-3-4-9(11)10(12)13/h8-9H,3-7,11H2,1-2H3. The van der Waals surface area contributed by atoms with Crippen molar-refractivity contribution < 1.29 is 14.3 Å². The van der Waals surface area contributed by atoms with E-state index in [1.54, 1.807) is 19.1 Å². The number of amides is 1. The Morgan fingerprint density at radius 2 is 2.33 bits per heavy atom. The molecule has 0 spiro atoms. The van der Waals surface area contributed by atoms with E-state index in [4.69, 9.17) is 15.2 Å². The Hall–Kier alpha value is -0.650. The summed E-state index contributed by atoms with van der Waals surface area (Å²) < 4.78 is 10.2. The van der Waals surface area contributed by atoms with Crippen LogP contribution in [0.2, 0.25) is 0 Å². The van der Waals surface area contributed by atoms with Crippen LogP contribution >= 0.6 is 0 Å². The maximum Gasteiger partial charge on any atom is 0.239 e. The summed E-state index contributed by atoms with van der Waals surface area (Å²) in [5.74, 6) is 0.0272. The molecule has 2 unspecified atom stereocenters. The number of rotatable bonds is 5. The van der Waals surface area contributed by atoms with Crippen LogP contribution in [0, 0.1) is 0 Å². The lowest BCUT2D eigenvalue weighted by Crippen LogP contribution is -2.51. The van der Waals surface area contributed by atoms with E-state index < -0.39 is 0 Å². The first-order valence-electron chi connectivity index (χ1n) is 5.25. The minimum Gasteiger partial charge on any atom is -0.382 e. The summed E-state index contributed by atoms with van der Waals surface area (Å²) >= 11 is 0. The average Bonchev–Trinajstić information content (AvgIpc) is 2.24. The van der Waals surface area contributed by atoms with Crippen molar-refractivity contribution in [1.29, 1.82) is 0 Å². The van der Waals surface area contributed by atoms with Crippen LogP contribution in [-0.2, 0) is 14.3 Å². The lowest BCUT2D eigenvalue weighted by molar-refractivity contribution is -0.137. The number of piperidine rings is 1. The molecule has 2 N–H and O–H groups in total. The Kier molecular flexibility index (Phi) is 5.01. The van der Waals surface area contributed by atoms with E-state index >= 15 is 0 Å². The first-order chi connectivity index (χ1) is 7.19. The van der Waals surface area contributed by atoms with Crippen LogP contribution < -0.4 is 5.73 Å². The minimum atomic E-state index is -0.334. The molecule has 0 radical (unpaired) electrons. The molecule has 5 heteroatoms. The van der Waals surface area contributed by atoms with Gasteiger partial charge < -0.3 is 20.1 Å². The van der Waals surface area contributed by atoms with Gasteiger partial charge in [-0.25, -0.2) is 0 Å². The van der Waals surface area contributed by atoms with Gasteiger partial charge in [0.1, 0.15) is 0 Å². The monoisotopic (exact) mass is 216 g/mol. The van der Waals surface area contributed by atoms with Crippen molar-refractivity contribution in [2.75, 3.05) is 33.9 Å². The van der Waals surface area contributed by atoms with Crippen molar-refractivity contribution in [1.82, 2.24) is 4.90 Å². The molecule has 1 aliphatic heterocycles. The molecule has 88 valence electrons. The first-order valence-corrected chi connectivity index (χ1v) is 5.25. The fourth-order valence-electron chi connectivity index (χ4n) is 1.78. The molecular formula is C10H20N2O3. The van der Waals surface area contributed by atoms with Gasteiger partial charge in [-0.3, -0.25) is 4.79 Å². The lowest BCUT2D eigenvalue weighted by Gasteiger charge is -2.32. The molecule has 0 aromatic heterocycles. The van der Waals surface area contributed by atoms with Crippen molar-refractivity contribution >= 4 is 5.91 Å². The number of hydrogen-bond acceptors (Lipinski definition) is 4. The third-order valence-corrected chi connectivity index (χ3v) is 2.68. The van der Waals surface area contributed by atoms with E-state index in [-0.39, 0.29) is 18.1 Å². The molecule has 1 saturated heterocycles. The van der Waals surface area contributed by atoms with Crippen molar-refractivity contribution in [2.24, 2.45) is 5.73 Å². The summed E-state index contributed by atoms with van der Waals surface area (Å²) in [6, 6.07) is -0.334. The summed E-state index contributed by atoms with van der Waals surface area (Å²) in [7, 11) is 3.24. The zero-order valence-corrected chi connectivity index (χ0v) is 9.44. The van der Waals surface area contributed by atoms with E-state index in [1.165, 1.54) is 0 Å². The Morgan fingerprint density at radius 3 is 2.93 bits per heavy atom. The molecule has 1 fully saturated rings. The molecule has 1 heterocycles. The maximum absolute atomic E-state index is 11.7. The summed E-state index contributed by atoms with van der Waals surface area (Å²) in [5, 5.41) is 0. The van der Waals surface area contributed by atoms with E-state index in [2.05, 4.69) is 0 Å². The minimum absolute atomic E-state index is 0.0272. The maximum atomic E-state index is 11.7. The van der Waals surface area contributed by atoms with E-state index in [9.17, 15) is 4.79 Å². The number of nitrogens with two attached hydrogens (primary N) is 1. The van der Waals surface area contributed by atoms with Gasteiger partial charge in [0.2, 0.25) is 5.91 Å². The number of nitrogens with zero attached hydrogens (tertiary/aromatic N) is 1. The van der Waals surface area contributed by atoms with Gasteiger partial charge in [-0.15, -0.1) is 0 Å². The van der Waals surface area contributed by atoms with E-state index in [0.717, 1.165) is 19.4 Å². The van der Waals surface area contributed by atoms with Gasteiger partial charge in [0.25, 0.3) is 0 Å². The highest BCUT2D eigenvalue weighted by molar-refractivity contribution is 5.82. The topological polar surface area (TPSA) is 64.8 Å². The molecule has 0 aromatic carbocycles. The predicted molar refractivity (Wildman–Crippen MR) is 56.5 cm³/mol. The Labute approximate surface area is 90.5 Å². The molecule has 1 aliphatic rings. The van der Waals surface area contributed by atoms with E-state index in [1.807, 2.05) is 0 Å². The molecule has 0 saturated carbocycles. The van der Waals surface area contributed by atoms with Gasteiger partial charge in [0.15, 0.2) is 0 Å². The normalized spacial score (nSPS) is 24.3. The number of methoxy groups -OCH3 is 2. The lowest BCUT2D eigenvalue weighted by atomic mass is 10.1. The summed E-state index contributed by atoms with van der Waals surface area (Å²) in [6.07, 6.45) is 1.69. The predicted octanol–water partition coefficient (Wildman–Crippen LogP) is -0.402. The second kappa shape index (κ2) is 6.05. The number of carbonyl (C=O) groups excluding carboxylic acids is 1. The molecule has 0 aromatic rings. The van der Waals surface area contributed by atoms with Crippen molar-refractivity contribution in [3.8, 4) is 0 Å². The number of hydrogen-bond donors (Lipinski definition) is 1. The highest BCUT2D eigenvalue weighted by atomic mass is 16.5. The second-order valence-corrected chi connectivity index (χ2v) is 3.85. The number of carbonyl (C=O) groups is 1. The number of ether oxygens (including phenoxy) is 2. The fourth-order valence-corrected chi connectivity index (χ4v) is 1.78. The van der Waals surface area contributed by atoms with Gasteiger partial charge >= 0.3 is 0 Å². The van der Waals surface area contributed by atoms with Crippen LogP contribution in [0.15, 0.2) is 0 Å². The third-order valence-electron chi connectivity index (χ3n) is 2.68. The van der Waals surface area contributed by atoms with Gasteiger partial charge in [-0.05, 0) is 12.8 Å². The molecule has 5 nitrogen and oxygen atoms in total.